The zero-order valence-electron chi connectivity index (χ0n) is 16.2. The average Bonchev–Trinajstić information content (AvgIpc) is 3.29. The molecule has 1 amide bonds. The van der Waals surface area contributed by atoms with Gasteiger partial charge in [-0.3, -0.25) is 9.79 Å². The third kappa shape index (κ3) is 5.43. The van der Waals surface area contributed by atoms with Gasteiger partial charge in [0.2, 0.25) is 0 Å². The maximum absolute atomic E-state index is 12.9. The summed E-state index contributed by atoms with van der Waals surface area (Å²) in [5, 5.41) is 8.27. The predicted octanol–water partition coefficient (Wildman–Crippen LogP) is 5.12. The lowest BCUT2D eigenvalue weighted by Crippen LogP contribution is -2.29. The molecule has 0 aliphatic heterocycles. The number of nitrogens with one attached hydrogen (secondary N) is 1. The van der Waals surface area contributed by atoms with Crippen LogP contribution >= 0.6 is 23.2 Å². The van der Waals surface area contributed by atoms with Crippen LogP contribution in [0.5, 0.6) is 0 Å². The summed E-state index contributed by atoms with van der Waals surface area (Å²) >= 11 is 12.0. The summed E-state index contributed by atoms with van der Waals surface area (Å²) in [6.07, 6.45) is 6.46. The van der Waals surface area contributed by atoms with Crippen LogP contribution in [0.1, 0.15) is 28.9 Å². The molecule has 0 aliphatic rings. The molecule has 1 atom stereocenters. The van der Waals surface area contributed by atoms with Gasteiger partial charge in [-0.2, -0.15) is 5.10 Å². The van der Waals surface area contributed by atoms with Crippen LogP contribution in [-0.2, 0) is 0 Å². The molecule has 3 aromatic rings. The summed E-state index contributed by atoms with van der Waals surface area (Å²) in [4.78, 5) is 21.0. The van der Waals surface area contributed by atoms with Crippen molar-refractivity contribution in [2.75, 3.05) is 0 Å². The highest BCUT2D eigenvalue weighted by atomic mass is 35.5. The van der Waals surface area contributed by atoms with Gasteiger partial charge in [0.15, 0.2) is 0 Å². The van der Waals surface area contributed by atoms with Gasteiger partial charge in [0.05, 0.1) is 17.4 Å². The number of halogens is 2. The van der Waals surface area contributed by atoms with Crippen molar-refractivity contribution in [2.45, 2.75) is 13.0 Å². The van der Waals surface area contributed by atoms with E-state index < -0.39 is 6.04 Å². The molecule has 152 valence electrons. The van der Waals surface area contributed by atoms with Crippen molar-refractivity contribution >= 4 is 35.8 Å². The first kappa shape index (κ1) is 21.5. The van der Waals surface area contributed by atoms with Crippen molar-refractivity contribution in [3.05, 3.63) is 100 Å². The standard InChI is InChI=1S/C22H19Cl2N5O/c1-15(23)3-12-20(25-2)21(16-4-8-18(24)9-5-16)28-22(30)17-6-10-19(11-7-17)29-14-26-13-27-29/h3-14,21H,2H2,1H3,(H,28,30)/b15-3+,20-12-/t21-/m0/s1. The summed E-state index contributed by atoms with van der Waals surface area (Å²) in [6.45, 7) is 5.39. The van der Waals surface area contributed by atoms with E-state index in [1.165, 1.54) is 6.33 Å². The Labute approximate surface area is 184 Å². The minimum Gasteiger partial charge on any atom is -0.340 e. The molecule has 3 rings (SSSR count). The lowest BCUT2D eigenvalue weighted by atomic mass is 10.0. The molecule has 0 fully saturated rings. The Balaban J connectivity index is 1.89. The monoisotopic (exact) mass is 439 g/mol. The highest BCUT2D eigenvalue weighted by Crippen LogP contribution is 2.25. The van der Waals surface area contributed by atoms with E-state index in [0.29, 0.717) is 21.3 Å². The van der Waals surface area contributed by atoms with Crippen molar-refractivity contribution in [1.82, 2.24) is 20.1 Å². The van der Waals surface area contributed by atoms with Crippen molar-refractivity contribution in [1.29, 1.82) is 0 Å². The Bertz CT molecular complexity index is 1070. The topological polar surface area (TPSA) is 72.2 Å². The molecule has 30 heavy (non-hydrogen) atoms. The highest BCUT2D eigenvalue weighted by Gasteiger charge is 2.19. The van der Waals surface area contributed by atoms with Gasteiger partial charge in [-0.15, -0.1) is 0 Å². The molecule has 0 unspecified atom stereocenters. The van der Waals surface area contributed by atoms with Gasteiger partial charge in [0.25, 0.3) is 5.91 Å². The Morgan fingerprint density at radius 1 is 1.17 bits per heavy atom. The Morgan fingerprint density at radius 3 is 2.43 bits per heavy atom. The maximum Gasteiger partial charge on any atom is 0.252 e. The first-order valence-corrected chi connectivity index (χ1v) is 9.75. The third-order valence-corrected chi connectivity index (χ3v) is 4.63. The van der Waals surface area contributed by atoms with E-state index in [1.807, 2.05) is 12.1 Å². The largest absolute Gasteiger partial charge is 0.340 e. The van der Waals surface area contributed by atoms with Gasteiger partial charge in [-0.25, -0.2) is 9.67 Å². The van der Waals surface area contributed by atoms with Crippen LogP contribution in [0.4, 0.5) is 0 Å². The lowest BCUT2D eigenvalue weighted by Gasteiger charge is -2.20. The van der Waals surface area contributed by atoms with Crippen LogP contribution in [0.2, 0.25) is 5.02 Å². The number of allylic oxidation sites excluding steroid dienone is 3. The zero-order valence-corrected chi connectivity index (χ0v) is 17.7. The van der Waals surface area contributed by atoms with Crippen molar-refractivity contribution in [2.24, 2.45) is 4.99 Å². The van der Waals surface area contributed by atoms with E-state index in [1.54, 1.807) is 66.5 Å². The number of hydrogen-bond donors (Lipinski definition) is 1. The molecule has 2 aromatic carbocycles. The van der Waals surface area contributed by atoms with Crippen LogP contribution in [0.25, 0.3) is 5.69 Å². The summed E-state index contributed by atoms with van der Waals surface area (Å²) in [7, 11) is 0. The summed E-state index contributed by atoms with van der Waals surface area (Å²) < 4.78 is 1.61. The van der Waals surface area contributed by atoms with Gasteiger partial charge in [0.1, 0.15) is 12.7 Å². The number of amides is 1. The first-order valence-electron chi connectivity index (χ1n) is 9.00. The molecule has 0 spiro atoms. The molecule has 6 nitrogen and oxygen atoms in total. The smallest absolute Gasteiger partial charge is 0.252 e. The van der Waals surface area contributed by atoms with Crippen molar-refractivity contribution in [3.8, 4) is 5.69 Å². The van der Waals surface area contributed by atoms with Crippen LogP contribution in [0.3, 0.4) is 0 Å². The summed E-state index contributed by atoms with van der Waals surface area (Å²) in [5.41, 5.74) is 2.65. The molecule has 8 heteroatoms. The molecule has 0 radical (unpaired) electrons. The van der Waals surface area contributed by atoms with E-state index in [2.05, 4.69) is 27.1 Å². The van der Waals surface area contributed by atoms with Gasteiger partial charge < -0.3 is 5.32 Å². The number of rotatable bonds is 7. The van der Waals surface area contributed by atoms with Gasteiger partial charge in [-0.1, -0.05) is 35.3 Å². The van der Waals surface area contributed by atoms with E-state index >= 15 is 0 Å². The second kappa shape index (κ2) is 10.0. The second-order valence-electron chi connectivity index (χ2n) is 6.35. The van der Waals surface area contributed by atoms with Gasteiger partial charge in [0, 0.05) is 15.6 Å². The second-order valence-corrected chi connectivity index (χ2v) is 7.38. The molecular weight excluding hydrogens is 421 g/mol. The fourth-order valence-electron chi connectivity index (χ4n) is 2.75. The van der Waals surface area contributed by atoms with Crippen LogP contribution in [0, 0.1) is 0 Å². The maximum atomic E-state index is 12.9. The van der Waals surface area contributed by atoms with E-state index in [9.17, 15) is 4.79 Å². The van der Waals surface area contributed by atoms with E-state index in [0.717, 1.165) is 11.3 Å². The summed E-state index contributed by atoms with van der Waals surface area (Å²) in [6, 6.07) is 13.7. The predicted molar refractivity (Wildman–Crippen MR) is 120 cm³/mol. The molecule has 1 heterocycles. The number of hydrogen-bond acceptors (Lipinski definition) is 4. The van der Waals surface area contributed by atoms with E-state index in [-0.39, 0.29) is 5.91 Å². The average molecular weight is 440 g/mol. The minimum atomic E-state index is -0.533. The number of carbonyl (C=O) groups excluding carboxylic acids is 1. The Hall–Kier alpha value is -3.22. The molecular formula is C22H19Cl2N5O. The van der Waals surface area contributed by atoms with Crippen LogP contribution in [-0.4, -0.2) is 27.4 Å². The minimum absolute atomic E-state index is 0.263. The quantitative estimate of drug-likeness (QED) is 0.410. The molecule has 1 N–H and O–H groups in total. The number of aliphatic imine (C=N–C) groups is 1. The van der Waals surface area contributed by atoms with Crippen molar-refractivity contribution in [3.63, 3.8) is 0 Å². The molecule has 1 aromatic heterocycles. The van der Waals surface area contributed by atoms with Gasteiger partial charge >= 0.3 is 0 Å². The number of nitrogens with zero attached hydrogens (tertiary/aromatic N) is 4. The zero-order chi connectivity index (χ0) is 21.5. The normalized spacial score (nSPS) is 13.0. The number of benzene rings is 2. The highest BCUT2D eigenvalue weighted by molar-refractivity contribution is 6.30. The fourth-order valence-corrected chi connectivity index (χ4v) is 2.93. The Kier molecular flexibility index (Phi) is 7.17. The first-order chi connectivity index (χ1) is 14.5. The third-order valence-electron chi connectivity index (χ3n) is 4.25. The SMILES string of the molecule is C=N/C(=C\C=C(/C)Cl)[C@@H](NC(=O)c1ccc(-n2cncn2)cc1)c1ccc(Cl)cc1. The number of aromatic nitrogens is 3. The number of carbonyl (C=O) groups is 1. The van der Waals surface area contributed by atoms with Gasteiger partial charge in [-0.05, 0) is 67.8 Å². The van der Waals surface area contributed by atoms with Crippen LogP contribution in [0.15, 0.2) is 89.1 Å². The van der Waals surface area contributed by atoms with Crippen molar-refractivity contribution < 1.29 is 4.79 Å². The summed E-state index contributed by atoms with van der Waals surface area (Å²) in [5.74, 6) is -0.263. The molecule has 0 aliphatic carbocycles. The molecule has 0 saturated heterocycles. The molecule has 0 saturated carbocycles. The van der Waals surface area contributed by atoms with Crippen LogP contribution < -0.4 is 5.32 Å². The molecule has 0 bridgehead atoms. The Morgan fingerprint density at radius 2 is 1.87 bits per heavy atom. The van der Waals surface area contributed by atoms with E-state index in [4.69, 9.17) is 23.2 Å². The fraction of sp³-hybridized carbons (Fsp3) is 0.0909. The lowest BCUT2D eigenvalue weighted by molar-refractivity contribution is 0.0942.